The molecule has 146 valence electrons. The van der Waals surface area contributed by atoms with Gasteiger partial charge in [0.15, 0.2) is 0 Å². The second-order valence-corrected chi connectivity index (χ2v) is 7.01. The molecule has 0 amide bonds. The van der Waals surface area contributed by atoms with Crippen molar-refractivity contribution in [2.75, 3.05) is 12.8 Å². The standard InChI is InChI=1S/C24H18N4O2/c1-30-24(29)15-6-4-14(5-7-15)19-13-27-23-22(21(19)16-3-2-10-26-12-16)18-11-17(25)8-9-20(18)28-23/h2-13H,25H2,1H3,(H,27,28). The van der Waals surface area contributed by atoms with E-state index in [9.17, 15) is 4.79 Å². The molecule has 30 heavy (non-hydrogen) atoms. The number of esters is 1. The summed E-state index contributed by atoms with van der Waals surface area (Å²) in [5.41, 5.74) is 12.9. The minimum atomic E-state index is -0.366. The number of aromatic amines is 1. The number of carbonyl (C=O) groups is 1. The van der Waals surface area contributed by atoms with E-state index in [2.05, 4.69) is 15.0 Å². The maximum atomic E-state index is 11.8. The van der Waals surface area contributed by atoms with Crippen molar-refractivity contribution in [1.82, 2.24) is 15.0 Å². The minimum absolute atomic E-state index is 0.366. The third-order valence-corrected chi connectivity index (χ3v) is 5.21. The molecule has 0 aliphatic carbocycles. The second-order valence-electron chi connectivity index (χ2n) is 7.01. The van der Waals surface area contributed by atoms with Crippen LogP contribution in [0.15, 0.2) is 73.2 Å². The van der Waals surface area contributed by atoms with Gasteiger partial charge in [0.25, 0.3) is 0 Å². The number of rotatable bonds is 3. The first-order valence-corrected chi connectivity index (χ1v) is 9.45. The number of carbonyl (C=O) groups excluding carboxylic acids is 1. The van der Waals surface area contributed by atoms with Gasteiger partial charge in [-0.1, -0.05) is 18.2 Å². The van der Waals surface area contributed by atoms with E-state index in [-0.39, 0.29) is 5.97 Å². The number of methoxy groups -OCH3 is 1. The van der Waals surface area contributed by atoms with Crippen molar-refractivity contribution in [3.05, 3.63) is 78.8 Å². The third-order valence-electron chi connectivity index (χ3n) is 5.21. The summed E-state index contributed by atoms with van der Waals surface area (Å²) in [5, 5.41) is 1.99. The topological polar surface area (TPSA) is 93.9 Å². The molecule has 0 atom stereocenters. The largest absolute Gasteiger partial charge is 0.465 e. The van der Waals surface area contributed by atoms with Gasteiger partial charge in [-0.25, -0.2) is 9.78 Å². The number of anilines is 1. The molecule has 3 N–H and O–H groups in total. The molecule has 0 radical (unpaired) electrons. The van der Waals surface area contributed by atoms with Crippen molar-refractivity contribution in [2.24, 2.45) is 0 Å². The molecule has 5 aromatic rings. The Morgan fingerprint density at radius 2 is 1.87 bits per heavy atom. The number of hydrogen-bond donors (Lipinski definition) is 2. The Kier molecular flexibility index (Phi) is 4.17. The van der Waals surface area contributed by atoms with Gasteiger partial charge in [-0.2, -0.15) is 0 Å². The van der Waals surface area contributed by atoms with E-state index in [0.717, 1.165) is 44.2 Å². The van der Waals surface area contributed by atoms with Crippen LogP contribution in [-0.4, -0.2) is 28.0 Å². The lowest BCUT2D eigenvalue weighted by Crippen LogP contribution is -2.00. The summed E-state index contributed by atoms with van der Waals surface area (Å²) in [7, 11) is 1.37. The Morgan fingerprint density at radius 1 is 1.03 bits per heavy atom. The van der Waals surface area contributed by atoms with E-state index in [1.54, 1.807) is 18.3 Å². The van der Waals surface area contributed by atoms with E-state index in [4.69, 9.17) is 10.5 Å². The van der Waals surface area contributed by atoms with Crippen molar-refractivity contribution in [1.29, 1.82) is 0 Å². The second kappa shape index (κ2) is 7.00. The van der Waals surface area contributed by atoms with Crippen molar-refractivity contribution in [2.45, 2.75) is 0 Å². The maximum Gasteiger partial charge on any atom is 0.337 e. The minimum Gasteiger partial charge on any atom is -0.465 e. The molecule has 3 heterocycles. The van der Waals surface area contributed by atoms with Crippen LogP contribution in [0.25, 0.3) is 44.2 Å². The summed E-state index contributed by atoms with van der Waals surface area (Å²) < 4.78 is 4.81. The maximum absolute atomic E-state index is 11.8. The molecular weight excluding hydrogens is 376 g/mol. The van der Waals surface area contributed by atoms with Gasteiger partial charge < -0.3 is 15.5 Å². The fourth-order valence-electron chi connectivity index (χ4n) is 3.81. The molecule has 3 aromatic heterocycles. The first-order chi connectivity index (χ1) is 14.7. The Bertz CT molecular complexity index is 1390. The monoisotopic (exact) mass is 394 g/mol. The van der Waals surface area contributed by atoms with Crippen molar-refractivity contribution in [3.8, 4) is 22.3 Å². The number of aromatic nitrogens is 3. The van der Waals surface area contributed by atoms with E-state index < -0.39 is 0 Å². The van der Waals surface area contributed by atoms with Crippen LogP contribution >= 0.6 is 0 Å². The average molecular weight is 394 g/mol. The smallest absolute Gasteiger partial charge is 0.337 e. The van der Waals surface area contributed by atoms with Gasteiger partial charge in [0.2, 0.25) is 0 Å². The van der Waals surface area contributed by atoms with Gasteiger partial charge in [-0.3, -0.25) is 4.98 Å². The van der Waals surface area contributed by atoms with Gasteiger partial charge in [-0.15, -0.1) is 0 Å². The zero-order valence-electron chi connectivity index (χ0n) is 16.2. The Morgan fingerprint density at radius 3 is 2.60 bits per heavy atom. The zero-order valence-corrected chi connectivity index (χ0v) is 16.2. The summed E-state index contributed by atoms with van der Waals surface area (Å²) in [4.78, 5) is 24.2. The van der Waals surface area contributed by atoms with E-state index in [1.165, 1.54) is 7.11 Å². The molecule has 6 heteroatoms. The number of nitrogens with zero attached hydrogens (tertiary/aromatic N) is 2. The summed E-state index contributed by atoms with van der Waals surface area (Å²) in [6.07, 6.45) is 5.43. The quantitative estimate of drug-likeness (QED) is 0.338. The lowest BCUT2D eigenvalue weighted by atomic mass is 9.93. The lowest BCUT2D eigenvalue weighted by Gasteiger charge is -2.12. The SMILES string of the molecule is COC(=O)c1ccc(-c2cnc3[nH]c4ccc(N)cc4c3c2-c2cccnc2)cc1. The van der Waals surface area contributed by atoms with Gasteiger partial charge in [0.05, 0.1) is 12.7 Å². The fourth-order valence-corrected chi connectivity index (χ4v) is 3.81. The van der Waals surface area contributed by atoms with Crippen LogP contribution < -0.4 is 5.73 Å². The van der Waals surface area contributed by atoms with Crippen LogP contribution in [0.3, 0.4) is 0 Å². The summed E-state index contributed by atoms with van der Waals surface area (Å²) in [6, 6.07) is 17.0. The molecular formula is C24H18N4O2. The predicted molar refractivity (Wildman–Crippen MR) is 118 cm³/mol. The highest BCUT2D eigenvalue weighted by Crippen LogP contribution is 2.40. The number of hydrogen-bond acceptors (Lipinski definition) is 5. The first kappa shape index (κ1) is 17.9. The highest BCUT2D eigenvalue weighted by Gasteiger charge is 2.18. The number of fused-ring (bicyclic) bond motifs is 3. The molecule has 0 fully saturated rings. The van der Waals surface area contributed by atoms with Crippen LogP contribution in [0.2, 0.25) is 0 Å². The molecule has 2 aromatic carbocycles. The summed E-state index contributed by atoms with van der Waals surface area (Å²) in [5.74, 6) is -0.366. The van der Waals surface area contributed by atoms with E-state index >= 15 is 0 Å². The lowest BCUT2D eigenvalue weighted by molar-refractivity contribution is 0.0601. The number of nitrogens with two attached hydrogens (primary N) is 1. The molecule has 0 saturated carbocycles. The van der Waals surface area contributed by atoms with Crippen LogP contribution in [0.1, 0.15) is 10.4 Å². The molecule has 6 nitrogen and oxygen atoms in total. The van der Waals surface area contributed by atoms with Crippen LogP contribution in [0, 0.1) is 0 Å². The highest BCUT2D eigenvalue weighted by atomic mass is 16.5. The van der Waals surface area contributed by atoms with Gasteiger partial charge >= 0.3 is 5.97 Å². The van der Waals surface area contributed by atoms with E-state index in [0.29, 0.717) is 11.3 Å². The Hall–Kier alpha value is -4.19. The summed E-state index contributed by atoms with van der Waals surface area (Å²) >= 11 is 0. The van der Waals surface area contributed by atoms with Crippen LogP contribution in [0.5, 0.6) is 0 Å². The Labute approximate surface area is 172 Å². The number of nitrogen functional groups attached to an aromatic ring is 1. The van der Waals surface area contributed by atoms with Crippen LogP contribution in [-0.2, 0) is 4.74 Å². The summed E-state index contributed by atoms with van der Waals surface area (Å²) in [6.45, 7) is 0. The third kappa shape index (κ3) is 2.86. The highest BCUT2D eigenvalue weighted by molar-refractivity contribution is 6.16. The fraction of sp³-hybridized carbons (Fsp3) is 0.0417. The first-order valence-electron chi connectivity index (χ1n) is 9.45. The Balaban J connectivity index is 1.83. The van der Waals surface area contributed by atoms with Crippen LogP contribution in [0.4, 0.5) is 5.69 Å². The normalized spacial score (nSPS) is 11.1. The zero-order chi connectivity index (χ0) is 20.7. The van der Waals surface area contributed by atoms with E-state index in [1.807, 2.05) is 54.9 Å². The van der Waals surface area contributed by atoms with Gasteiger partial charge in [0, 0.05) is 57.3 Å². The van der Waals surface area contributed by atoms with Crippen molar-refractivity contribution in [3.63, 3.8) is 0 Å². The molecule has 0 bridgehead atoms. The molecule has 0 saturated heterocycles. The van der Waals surface area contributed by atoms with Crippen molar-refractivity contribution < 1.29 is 9.53 Å². The van der Waals surface area contributed by atoms with Gasteiger partial charge in [-0.05, 0) is 42.0 Å². The molecule has 5 rings (SSSR count). The number of pyridine rings is 2. The number of benzene rings is 2. The average Bonchev–Trinajstić information content (AvgIpc) is 3.16. The van der Waals surface area contributed by atoms with Crippen molar-refractivity contribution >= 4 is 33.6 Å². The molecule has 0 aliphatic heterocycles. The molecule has 0 unspecified atom stereocenters. The number of H-pyrrole nitrogens is 1. The van der Waals surface area contributed by atoms with Gasteiger partial charge in [0.1, 0.15) is 5.65 Å². The molecule has 0 spiro atoms. The number of ether oxygens (including phenoxy) is 1. The number of nitrogens with one attached hydrogen (secondary N) is 1. The predicted octanol–water partition coefficient (Wildman–Crippen LogP) is 4.81. The molecule has 0 aliphatic rings.